The molecule has 1 aliphatic rings. The van der Waals surface area contributed by atoms with E-state index >= 15 is 0 Å². The molecule has 1 atom stereocenters. The summed E-state index contributed by atoms with van der Waals surface area (Å²) in [6.07, 6.45) is 0.353. The normalized spacial score (nSPS) is 15.0. The molecule has 0 amide bonds. The van der Waals surface area contributed by atoms with E-state index in [9.17, 15) is 14.7 Å². The summed E-state index contributed by atoms with van der Waals surface area (Å²) in [6, 6.07) is 9.48. The zero-order valence-electron chi connectivity index (χ0n) is 18.1. The zero-order valence-corrected chi connectivity index (χ0v) is 18.1. The fraction of sp³-hybridized carbons (Fsp3) is 0.348. The third-order valence-electron chi connectivity index (χ3n) is 4.77. The number of aliphatic hydroxyl groups excluding tert-OH is 1. The minimum atomic E-state index is -1.08. The van der Waals surface area contributed by atoms with Gasteiger partial charge in [0, 0.05) is 22.9 Å². The van der Waals surface area contributed by atoms with Crippen molar-refractivity contribution in [1.82, 2.24) is 9.88 Å². The second kappa shape index (κ2) is 8.66. The molecule has 2 heterocycles. The maximum absolute atomic E-state index is 12.1. The van der Waals surface area contributed by atoms with Crippen LogP contribution in [0.4, 0.5) is 5.82 Å². The summed E-state index contributed by atoms with van der Waals surface area (Å²) in [7, 11) is 1.32. The summed E-state index contributed by atoms with van der Waals surface area (Å²) in [5, 5.41) is 10.9. The molecule has 1 unspecified atom stereocenters. The summed E-state index contributed by atoms with van der Waals surface area (Å²) >= 11 is 0. The number of nitrogens with one attached hydrogen (secondary N) is 1. The monoisotopic (exact) mass is 423 g/mol. The van der Waals surface area contributed by atoms with Gasteiger partial charge < -0.3 is 19.6 Å². The minimum Gasteiger partial charge on any atom is -0.465 e. The largest absolute Gasteiger partial charge is 0.465 e. The average molecular weight is 423 g/mol. The summed E-state index contributed by atoms with van der Waals surface area (Å²) in [5.41, 5.74) is 2.42. The van der Waals surface area contributed by atoms with E-state index in [1.165, 1.54) is 18.3 Å². The second-order valence-corrected chi connectivity index (χ2v) is 8.15. The number of nitrogens with zero attached hydrogens (tertiary/aromatic N) is 2. The molecule has 8 heteroatoms. The van der Waals surface area contributed by atoms with Gasteiger partial charge in [-0.05, 0) is 57.9 Å². The molecular formula is C23H25N3O5. The van der Waals surface area contributed by atoms with Gasteiger partial charge in [0.25, 0.3) is 0 Å². The number of aromatic amines is 1. The van der Waals surface area contributed by atoms with Crippen molar-refractivity contribution in [2.75, 3.05) is 7.11 Å². The third-order valence-corrected chi connectivity index (χ3v) is 4.77. The van der Waals surface area contributed by atoms with E-state index in [1.807, 2.05) is 6.92 Å². The smallest absolute Gasteiger partial charge is 0.337 e. The Hall–Kier alpha value is -3.57. The van der Waals surface area contributed by atoms with Crippen molar-refractivity contribution < 1.29 is 24.2 Å². The van der Waals surface area contributed by atoms with Crippen LogP contribution in [0.3, 0.4) is 0 Å². The SMILES string of the molecule is COC(=O)c1ccc(C#CN2C=Nc3[nH]c(C)c(COC(=O)C(C)(C)C)c3C2O)cc1. The highest BCUT2D eigenvalue weighted by Gasteiger charge is 2.30. The lowest BCUT2D eigenvalue weighted by Gasteiger charge is -2.24. The van der Waals surface area contributed by atoms with E-state index in [1.54, 1.807) is 45.0 Å². The molecule has 162 valence electrons. The quantitative estimate of drug-likeness (QED) is 0.580. The Labute approximate surface area is 180 Å². The lowest BCUT2D eigenvalue weighted by atomic mass is 9.97. The molecule has 3 rings (SSSR count). The maximum atomic E-state index is 12.1. The first kappa shape index (κ1) is 22.1. The lowest BCUT2D eigenvalue weighted by Crippen LogP contribution is -2.26. The van der Waals surface area contributed by atoms with Gasteiger partial charge in [0.15, 0.2) is 6.23 Å². The number of aryl methyl sites for hydroxylation is 1. The third kappa shape index (κ3) is 4.78. The van der Waals surface area contributed by atoms with Gasteiger partial charge in [-0.1, -0.05) is 0 Å². The molecule has 2 aromatic rings. The van der Waals surface area contributed by atoms with Crippen molar-refractivity contribution in [1.29, 1.82) is 0 Å². The molecule has 0 fully saturated rings. The molecule has 1 aromatic heterocycles. The number of fused-ring (bicyclic) bond motifs is 1. The summed E-state index contributed by atoms with van der Waals surface area (Å²) in [5.74, 6) is 2.69. The van der Waals surface area contributed by atoms with Crippen LogP contribution in [-0.4, -0.2) is 40.4 Å². The molecule has 1 aromatic carbocycles. The average Bonchev–Trinajstić information content (AvgIpc) is 3.06. The molecule has 2 N–H and O–H groups in total. The van der Waals surface area contributed by atoms with Crippen LogP contribution in [0.1, 0.15) is 59.7 Å². The van der Waals surface area contributed by atoms with Crippen molar-refractivity contribution in [2.45, 2.75) is 40.5 Å². The molecule has 0 spiro atoms. The van der Waals surface area contributed by atoms with Crippen molar-refractivity contribution in [3.63, 3.8) is 0 Å². The fourth-order valence-corrected chi connectivity index (χ4v) is 2.93. The van der Waals surface area contributed by atoms with Gasteiger partial charge in [0.2, 0.25) is 0 Å². The summed E-state index contributed by atoms with van der Waals surface area (Å²) < 4.78 is 10.1. The predicted octanol–water partition coefficient (Wildman–Crippen LogP) is 3.17. The van der Waals surface area contributed by atoms with Gasteiger partial charge in [-0.3, -0.25) is 9.69 Å². The van der Waals surface area contributed by atoms with Gasteiger partial charge in [0.05, 0.1) is 23.7 Å². The molecule has 0 saturated heterocycles. The number of benzene rings is 1. The van der Waals surface area contributed by atoms with E-state index in [2.05, 4.69) is 26.7 Å². The molecule has 31 heavy (non-hydrogen) atoms. The van der Waals surface area contributed by atoms with E-state index in [0.717, 1.165) is 5.69 Å². The number of methoxy groups -OCH3 is 1. The number of rotatable bonds is 3. The highest BCUT2D eigenvalue weighted by molar-refractivity contribution is 5.89. The number of aliphatic hydroxyl groups is 1. The second-order valence-electron chi connectivity index (χ2n) is 8.15. The number of hydrogen-bond acceptors (Lipinski definition) is 7. The molecule has 0 radical (unpaired) electrons. The number of hydrogen-bond donors (Lipinski definition) is 2. The van der Waals surface area contributed by atoms with Crippen molar-refractivity contribution >= 4 is 24.1 Å². The predicted molar refractivity (Wildman–Crippen MR) is 114 cm³/mol. The summed E-state index contributed by atoms with van der Waals surface area (Å²) in [6.45, 7) is 7.20. The van der Waals surface area contributed by atoms with Crippen molar-refractivity contribution in [3.05, 3.63) is 52.2 Å². The van der Waals surface area contributed by atoms with Gasteiger partial charge >= 0.3 is 11.9 Å². The van der Waals surface area contributed by atoms with E-state index in [0.29, 0.717) is 28.1 Å². The van der Waals surface area contributed by atoms with Crippen LogP contribution in [0.15, 0.2) is 29.3 Å². The van der Waals surface area contributed by atoms with Crippen LogP contribution in [0.25, 0.3) is 0 Å². The van der Waals surface area contributed by atoms with Crippen LogP contribution >= 0.6 is 0 Å². The Morgan fingerprint density at radius 2 is 1.94 bits per heavy atom. The highest BCUT2D eigenvalue weighted by atomic mass is 16.5. The molecular weight excluding hydrogens is 398 g/mol. The van der Waals surface area contributed by atoms with Gasteiger partial charge in [-0.2, -0.15) is 0 Å². The number of H-pyrrole nitrogens is 1. The highest BCUT2D eigenvalue weighted by Crippen LogP contribution is 2.36. The Bertz CT molecular complexity index is 1080. The van der Waals surface area contributed by atoms with Crippen LogP contribution in [0.5, 0.6) is 0 Å². The number of esters is 2. The Balaban J connectivity index is 1.79. The van der Waals surface area contributed by atoms with E-state index in [-0.39, 0.29) is 12.6 Å². The zero-order chi connectivity index (χ0) is 22.8. The fourth-order valence-electron chi connectivity index (χ4n) is 2.93. The first-order valence-corrected chi connectivity index (χ1v) is 9.71. The topological polar surface area (TPSA) is 104 Å². The van der Waals surface area contributed by atoms with Crippen molar-refractivity contribution in [3.8, 4) is 12.0 Å². The molecule has 0 saturated carbocycles. The van der Waals surface area contributed by atoms with Gasteiger partial charge in [0.1, 0.15) is 18.8 Å². The van der Waals surface area contributed by atoms with Gasteiger partial charge in [-0.25, -0.2) is 9.79 Å². The number of carbonyl (C=O) groups is 2. The van der Waals surface area contributed by atoms with E-state index in [4.69, 9.17) is 4.74 Å². The van der Waals surface area contributed by atoms with Crippen molar-refractivity contribution in [2.24, 2.45) is 10.4 Å². The molecule has 0 aliphatic carbocycles. The van der Waals surface area contributed by atoms with Gasteiger partial charge in [-0.15, -0.1) is 0 Å². The summed E-state index contributed by atoms with van der Waals surface area (Å²) in [4.78, 5) is 32.5. The van der Waals surface area contributed by atoms with E-state index < -0.39 is 17.6 Å². The molecule has 0 bridgehead atoms. The Morgan fingerprint density at radius 1 is 1.26 bits per heavy atom. The Kier molecular flexibility index (Phi) is 6.18. The van der Waals surface area contributed by atoms with Crippen LogP contribution in [0, 0.1) is 24.3 Å². The number of aliphatic imine (C=N–C) groups is 1. The molecule has 8 nitrogen and oxygen atoms in total. The molecule has 1 aliphatic heterocycles. The van der Waals surface area contributed by atoms with Crippen LogP contribution in [0.2, 0.25) is 0 Å². The first-order valence-electron chi connectivity index (χ1n) is 9.71. The number of aromatic nitrogens is 1. The maximum Gasteiger partial charge on any atom is 0.337 e. The number of ether oxygens (including phenoxy) is 2. The Morgan fingerprint density at radius 3 is 2.55 bits per heavy atom. The minimum absolute atomic E-state index is 0.0244. The number of carbonyl (C=O) groups excluding carboxylic acids is 2. The van der Waals surface area contributed by atoms with Crippen LogP contribution in [-0.2, 0) is 20.9 Å². The first-order chi connectivity index (χ1) is 14.6. The van der Waals surface area contributed by atoms with Crippen LogP contribution < -0.4 is 0 Å². The standard InChI is InChI=1S/C23H25N3O5/c1-14-17(12-31-22(29)23(2,3)4)18-19(25-14)24-13-26(20(18)27)11-10-15-6-8-16(9-7-15)21(28)30-5/h6-9,13,20,25,27H,12H2,1-5H3. The lowest BCUT2D eigenvalue weighted by molar-refractivity contribution is -0.154.